The van der Waals surface area contributed by atoms with E-state index < -0.39 is 6.10 Å². The number of ether oxygens (including phenoxy) is 4. The molecule has 1 fully saturated rings. The molecule has 1 heterocycles. The molecule has 3 rings (SSSR count). The Morgan fingerprint density at radius 3 is 2.66 bits per heavy atom. The number of hydrogen-bond donors (Lipinski definition) is 0. The number of hydrogen-bond acceptors (Lipinski definition) is 6. The summed E-state index contributed by atoms with van der Waals surface area (Å²) in [6.07, 6.45) is 2.07. The first-order valence-corrected chi connectivity index (χ1v) is 10.3. The predicted molar refractivity (Wildman–Crippen MR) is 107 cm³/mol. The van der Waals surface area contributed by atoms with Crippen LogP contribution in [-0.4, -0.2) is 36.2 Å². The van der Waals surface area contributed by atoms with Crippen LogP contribution in [0.15, 0.2) is 30.2 Å². The van der Waals surface area contributed by atoms with Crippen LogP contribution in [-0.2, 0) is 23.8 Å². The maximum Gasteiger partial charge on any atom is 0.335 e. The highest BCUT2D eigenvalue weighted by atomic mass is 16.6. The lowest BCUT2D eigenvalue weighted by Gasteiger charge is -2.37. The normalized spacial score (nSPS) is 25.0. The number of rotatable bonds is 6. The van der Waals surface area contributed by atoms with Gasteiger partial charge in [0.15, 0.2) is 6.10 Å². The molecule has 0 amide bonds. The van der Waals surface area contributed by atoms with Crippen molar-refractivity contribution in [1.29, 1.82) is 0 Å². The molecule has 0 aromatic heterocycles. The van der Waals surface area contributed by atoms with E-state index in [0.717, 1.165) is 11.1 Å². The van der Waals surface area contributed by atoms with Crippen molar-refractivity contribution in [3.63, 3.8) is 0 Å². The third-order valence-corrected chi connectivity index (χ3v) is 5.32. The fourth-order valence-corrected chi connectivity index (χ4v) is 3.74. The molecule has 158 valence electrons. The number of ketones is 1. The second kappa shape index (κ2) is 8.99. The van der Waals surface area contributed by atoms with E-state index in [0.29, 0.717) is 25.0 Å². The summed E-state index contributed by atoms with van der Waals surface area (Å²) in [5, 5.41) is 0. The van der Waals surface area contributed by atoms with Crippen molar-refractivity contribution in [3.8, 4) is 5.75 Å². The Kier molecular flexibility index (Phi) is 6.63. The topological polar surface area (TPSA) is 71.1 Å². The summed E-state index contributed by atoms with van der Waals surface area (Å²) in [5.74, 6) is 0.256. The standard InChI is InChI=1S/C23H30O6/c1-13(2)27-23(25)16(5)28-17-8-9-18-20(11-17)26-12-21(22(18)24)29-19-10-14(3)6-7-15(19)4/h6-7,10,12-13,16-18,20H,8-9,11H2,1-5H3. The molecule has 4 unspecified atom stereocenters. The molecule has 0 radical (unpaired) electrons. The van der Waals surface area contributed by atoms with Gasteiger partial charge in [-0.05, 0) is 64.7 Å². The van der Waals surface area contributed by atoms with E-state index in [1.54, 1.807) is 6.92 Å². The highest BCUT2D eigenvalue weighted by Crippen LogP contribution is 2.36. The van der Waals surface area contributed by atoms with E-state index in [2.05, 4.69) is 0 Å². The molecule has 1 saturated carbocycles. The quantitative estimate of drug-likeness (QED) is 0.670. The Morgan fingerprint density at radius 1 is 1.17 bits per heavy atom. The Balaban J connectivity index is 1.61. The molecule has 6 heteroatoms. The van der Waals surface area contributed by atoms with E-state index in [-0.39, 0.29) is 41.7 Å². The lowest BCUT2D eigenvalue weighted by molar-refractivity contribution is -0.168. The van der Waals surface area contributed by atoms with Crippen LogP contribution in [0.25, 0.3) is 0 Å². The highest BCUT2D eigenvalue weighted by Gasteiger charge is 2.42. The minimum absolute atomic E-state index is 0.0344. The first-order chi connectivity index (χ1) is 13.7. The molecule has 1 aromatic carbocycles. The van der Waals surface area contributed by atoms with E-state index in [1.165, 1.54) is 6.26 Å². The van der Waals surface area contributed by atoms with Crippen molar-refractivity contribution in [2.24, 2.45) is 5.92 Å². The fourth-order valence-electron chi connectivity index (χ4n) is 3.74. The maximum atomic E-state index is 12.9. The predicted octanol–water partition coefficient (Wildman–Crippen LogP) is 4.02. The fraction of sp³-hybridized carbons (Fsp3) is 0.565. The van der Waals surface area contributed by atoms with Gasteiger partial charge in [0.05, 0.1) is 18.1 Å². The van der Waals surface area contributed by atoms with Gasteiger partial charge in [-0.3, -0.25) is 4.79 Å². The van der Waals surface area contributed by atoms with Gasteiger partial charge in [0.1, 0.15) is 18.1 Å². The van der Waals surface area contributed by atoms with Gasteiger partial charge in [-0.15, -0.1) is 0 Å². The zero-order valence-electron chi connectivity index (χ0n) is 17.8. The first kappa shape index (κ1) is 21.4. The second-order valence-corrected chi connectivity index (χ2v) is 8.20. The van der Waals surface area contributed by atoms with E-state index >= 15 is 0 Å². The summed E-state index contributed by atoms with van der Waals surface area (Å²) < 4.78 is 22.8. The largest absolute Gasteiger partial charge is 0.493 e. The second-order valence-electron chi connectivity index (χ2n) is 8.20. The van der Waals surface area contributed by atoms with Crippen molar-refractivity contribution in [2.45, 2.75) is 78.3 Å². The number of fused-ring (bicyclic) bond motifs is 1. The van der Waals surface area contributed by atoms with Gasteiger partial charge in [0.25, 0.3) is 0 Å². The third kappa shape index (κ3) is 5.18. The number of carbonyl (C=O) groups is 2. The Morgan fingerprint density at radius 2 is 1.93 bits per heavy atom. The SMILES string of the molecule is Cc1ccc(C)c(OC2=COC3CC(OC(C)C(=O)OC(C)C)CCC3C2=O)c1. The molecule has 0 bridgehead atoms. The minimum atomic E-state index is -0.642. The van der Waals surface area contributed by atoms with Crippen LogP contribution >= 0.6 is 0 Å². The van der Waals surface area contributed by atoms with Crippen molar-refractivity contribution in [1.82, 2.24) is 0 Å². The van der Waals surface area contributed by atoms with Gasteiger partial charge >= 0.3 is 5.97 Å². The van der Waals surface area contributed by atoms with Crippen LogP contribution in [0.4, 0.5) is 0 Å². The van der Waals surface area contributed by atoms with Gasteiger partial charge in [0, 0.05) is 6.42 Å². The smallest absolute Gasteiger partial charge is 0.335 e. The first-order valence-electron chi connectivity index (χ1n) is 10.3. The summed E-state index contributed by atoms with van der Waals surface area (Å²) in [7, 11) is 0. The van der Waals surface area contributed by atoms with Crippen LogP contribution in [0.1, 0.15) is 51.2 Å². The molecule has 6 nitrogen and oxygen atoms in total. The van der Waals surface area contributed by atoms with Gasteiger partial charge < -0.3 is 18.9 Å². The van der Waals surface area contributed by atoms with Crippen LogP contribution < -0.4 is 4.74 Å². The molecule has 0 saturated heterocycles. The molecule has 0 spiro atoms. The van der Waals surface area contributed by atoms with Crippen molar-refractivity contribution in [3.05, 3.63) is 41.3 Å². The Hall–Kier alpha value is -2.34. The van der Waals surface area contributed by atoms with Crippen molar-refractivity contribution in [2.75, 3.05) is 0 Å². The maximum absolute atomic E-state index is 12.9. The lowest BCUT2D eigenvalue weighted by atomic mass is 9.80. The molecule has 29 heavy (non-hydrogen) atoms. The van der Waals surface area contributed by atoms with Crippen molar-refractivity contribution >= 4 is 11.8 Å². The van der Waals surface area contributed by atoms with Gasteiger partial charge in [-0.2, -0.15) is 0 Å². The summed E-state index contributed by atoms with van der Waals surface area (Å²) in [5.41, 5.74) is 2.03. The van der Waals surface area contributed by atoms with Crippen LogP contribution in [0, 0.1) is 19.8 Å². The molecular weight excluding hydrogens is 372 g/mol. The third-order valence-electron chi connectivity index (χ3n) is 5.32. The molecule has 2 aliphatic rings. The zero-order valence-corrected chi connectivity index (χ0v) is 17.8. The van der Waals surface area contributed by atoms with E-state index in [1.807, 2.05) is 45.9 Å². The molecule has 1 aliphatic carbocycles. The summed E-state index contributed by atoms with van der Waals surface area (Å²) in [4.78, 5) is 24.9. The van der Waals surface area contributed by atoms with Crippen molar-refractivity contribution < 1.29 is 28.5 Å². The molecule has 1 aromatic rings. The number of carbonyl (C=O) groups excluding carboxylic acids is 2. The van der Waals surface area contributed by atoms with Crippen LogP contribution in [0.3, 0.4) is 0 Å². The monoisotopic (exact) mass is 402 g/mol. The number of allylic oxidation sites excluding steroid dienone is 1. The van der Waals surface area contributed by atoms with E-state index in [9.17, 15) is 9.59 Å². The number of aryl methyl sites for hydroxylation is 2. The molecule has 1 aliphatic heterocycles. The number of Topliss-reactive ketones (excluding diaryl/α,β-unsaturated/α-hetero) is 1. The van der Waals surface area contributed by atoms with Gasteiger partial charge in [-0.25, -0.2) is 4.79 Å². The Bertz CT molecular complexity index is 797. The molecule has 0 N–H and O–H groups in total. The average molecular weight is 402 g/mol. The zero-order chi connectivity index (χ0) is 21.1. The van der Waals surface area contributed by atoms with Gasteiger partial charge in [-0.1, -0.05) is 12.1 Å². The molecular formula is C23H30O6. The Labute approximate surface area is 172 Å². The average Bonchev–Trinajstić information content (AvgIpc) is 2.66. The number of benzene rings is 1. The van der Waals surface area contributed by atoms with Gasteiger partial charge in [0.2, 0.25) is 11.5 Å². The van der Waals surface area contributed by atoms with E-state index in [4.69, 9.17) is 18.9 Å². The lowest BCUT2D eigenvalue weighted by Crippen LogP contribution is -2.44. The minimum Gasteiger partial charge on any atom is -0.493 e. The summed E-state index contributed by atoms with van der Waals surface area (Å²) in [6, 6.07) is 5.89. The van der Waals surface area contributed by atoms with Crippen LogP contribution in [0.5, 0.6) is 5.75 Å². The number of esters is 1. The molecule has 4 atom stereocenters. The highest BCUT2D eigenvalue weighted by molar-refractivity contribution is 5.96. The summed E-state index contributed by atoms with van der Waals surface area (Å²) >= 11 is 0. The van der Waals surface area contributed by atoms with Crippen LogP contribution in [0.2, 0.25) is 0 Å². The summed E-state index contributed by atoms with van der Waals surface area (Å²) in [6.45, 7) is 9.23.